The van der Waals surface area contributed by atoms with Gasteiger partial charge in [-0.25, -0.2) is 17.9 Å². The molecule has 7 heteroatoms. The predicted octanol–water partition coefficient (Wildman–Crippen LogP) is 3.66. The highest BCUT2D eigenvalue weighted by atomic mass is 32.2. The zero-order valence-electron chi connectivity index (χ0n) is 16.7. The Kier molecular flexibility index (Phi) is 5.81. The molecule has 0 aliphatic rings. The van der Waals surface area contributed by atoms with Gasteiger partial charge in [0, 0.05) is 35.8 Å². The minimum atomic E-state index is -3.29. The van der Waals surface area contributed by atoms with Crippen LogP contribution in [0.1, 0.15) is 19.4 Å². The molecule has 0 aliphatic carbocycles. The zero-order chi connectivity index (χ0) is 21.2. The maximum atomic E-state index is 11.8. The molecule has 3 rings (SSSR count). The number of sulfone groups is 1. The Morgan fingerprint density at radius 3 is 2.69 bits per heavy atom. The number of fused-ring (bicyclic) bond motifs is 1. The van der Waals surface area contributed by atoms with Crippen molar-refractivity contribution in [2.24, 2.45) is 5.73 Å². The molecule has 1 aromatic carbocycles. The molecule has 0 saturated carbocycles. The second kappa shape index (κ2) is 8.14. The van der Waals surface area contributed by atoms with Crippen molar-refractivity contribution >= 4 is 21.1 Å². The van der Waals surface area contributed by atoms with E-state index in [1.54, 1.807) is 41.2 Å². The van der Waals surface area contributed by atoms with E-state index in [2.05, 4.69) is 16.7 Å². The van der Waals surface area contributed by atoms with Gasteiger partial charge in [0.1, 0.15) is 0 Å². The Labute approximate surface area is 171 Å². The third kappa shape index (κ3) is 4.52. The third-order valence-corrected chi connectivity index (χ3v) is 5.78. The average molecular weight is 409 g/mol. The number of allylic oxidation sites excluding steroid dienone is 3. The lowest BCUT2D eigenvalue weighted by Gasteiger charge is -2.06. The van der Waals surface area contributed by atoms with Crippen LogP contribution in [0.25, 0.3) is 22.3 Å². The first-order chi connectivity index (χ1) is 13.7. The molecule has 3 aromatic rings. The maximum Gasteiger partial charge on any atom is 0.175 e. The first-order valence-electron chi connectivity index (χ1n) is 9.11. The molecule has 1 atom stereocenters. The summed E-state index contributed by atoms with van der Waals surface area (Å²) in [5, 5.41) is 4.40. The van der Waals surface area contributed by atoms with E-state index in [1.807, 2.05) is 38.3 Å². The number of rotatable bonds is 6. The summed E-state index contributed by atoms with van der Waals surface area (Å²) in [5.41, 5.74) is 11.0. The van der Waals surface area contributed by atoms with E-state index in [9.17, 15) is 8.42 Å². The SMILES string of the molecule is C=C/C(=C\C=C(/C)c1cnc2c(-c3cccc(S(C)(=O)=O)c3)cnn2c1)C(C)N. The van der Waals surface area contributed by atoms with Crippen LogP contribution < -0.4 is 5.73 Å². The van der Waals surface area contributed by atoms with E-state index in [4.69, 9.17) is 5.73 Å². The number of aromatic nitrogens is 3. The summed E-state index contributed by atoms with van der Waals surface area (Å²) in [7, 11) is -3.29. The summed E-state index contributed by atoms with van der Waals surface area (Å²) >= 11 is 0. The van der Waals surface area contributed by atoms with Crippen LogP contribution in [0.2, 0.25) is 0 Å². The second-order valence-electron chi connectivity index (χ2n) is 6.98. The summed E-state index contributed by atoms with van der Waals surface area (Å²) < 4.78 is 25.4. The highest BCUT2D eigenvalue weighted by Gasteiger charge is 2.13. The normalized spacial score (nSPS) is 14.2. The van der Waals surface area contributed by atoms with Gasteiger partial charge >= 0.3 is 0 Å². The Balaban J connectivity index is 2.00. The van der Waals surface area contributed by atoms with Crippen LogP contribution in [0, 0.1) is 0 Å². The number of nitrogens with zero attached hydrogens (tertiary/aromatic N) is 3. The molecule has 0 fully saturated rings. The van der Waals surface area contributed by atoms with Gasteiger partial charge in [-0.1, -0.05) is 36.9 Å². The van der Waals surface area contributed by atoms with Crippen LogP contribution in [-0.2, 0) is 9.84 Å². The lowest BCUT2D eigenvalue weighted by Crippen LogP contribution is -2.16. The number of hydrogen-bond donors (Lipinski definition) is 1. The minimum Gasteiger partial charge on any atom is -0.324 e. The van der Waals surface area contributed by atoms with Crippen molar-refractivity contribution < 1.29 is 8.42 Å². The van der Waals surface area contributed by atoms with Gasteiger partial charge in [-0.3, -0.25) is 0 Å². The van der Waals surface area contributed by atoms with Gasteiger partial charge in [0.05, 0.1) is 11.1 Å². The molecule has 150 valence electrons. The first-order valence-corrected chi connectivity index (χ1v) is 11.0. The monoisotopic (exact) mass is 408 g/mol. The molecule has 2 heterocycles. The summed E-state index contributed by atoms with van der Waals surface area (Å²) in [4.78, 5) is 4.82. The lowest BCUT2D eigenvalue weighted by atomic mass is 10.1. The van der Waals surface area contributed by atoms with Gasteiger partial charge in [0.2, 0.25) is 0 Å². The predicted molar refractivity (Wildman–Crippen MR) is 117 cm³/mol. The van der Waals surface area contributed by atoms with Crippen LogP contribution >= 0.6 is 0 Å². The van der Waals surface area contributed by atoms with E-state index in [0.29, 0.717) is 5.65 Å². The van der Waals surface area contributed by atoms with Crippen LogP contribution in [-0.4, -0.2) is 35.3 Å². The van der Waals surface area contributed by atoms with Crippen LogP contribution in [0.15, 0.2) is 78.1 Å². The smallest absolute Gasteiger partial charge is 0.175 e. The van der Waals surface area contributed by atoms with Crippen molar-refractivity contribution in [3.63, 3.8) is 0 Å². The zero-order valence-corrected chi connectivity index (χ0v) is 17.5. The second-order valence-corrected chi connectivity index (χ2v) is 8.99. The molecule has 0 radical (unpaired) electrons. The summed E-state index contributed by atoms with van der Waals surface area (Å²) in [6.45, 7) is 7.68. The molecule has 2 N–H and O–H groups in total. The molecule has 1 unspecified atom stereocenters. The fourth-order valence-electron chi connectivity index (χ4n) is 2.90. The molecule has 0 aliphatic heterocycles. The molecule has 0 bridgehead atoms. The molecule has 0 amide bonds. The van der Waals surface area contributed by atoms with Gasteiger partial charge in [-0.05, 0) is 42.7 Å². The van der Waals surface area contributed by atoms with Gasteiger partial charge < -0.3 is 5.73 Å². The van der Waals surface area contributed by atoms with E-state index in [-0.39, 0.29) is 10.9 Å². The van der Waals surface area contributed by atoms with E-state index in [1.165, 1.54) is 6.26 Å². The van der Waals surface area contributed by atoms with Crippen molar-refractivity contribution in [3.8, 4) is 11.1 Å². The summed E-state index contributed by atoms with van der Waals surface area (Å²) in [5.74, 6) is 0. The lowest BCUT2D eigenvalue weighted by molar-refractivity contribution is 0.602. The van der Waals surface area contributed by atoms with Crippen LogP contribution in [0.4, 0.5) is 0 Å². The maximum absolute atomic E-state index is 11.8. The number of benzene rings is 1. The van der Waals surface area contributed by atoms with Crippen molar-refractivity contribution in [1.29, 1.82) is 0 Å². The summed E-state index contributed by atoms with van der Waals surface area (Å²) in [6.07, 6.45) is 12.2. The largest absolute Gasteiger partial charge is 0.324 e. The fraction of sp³-hybridized carbons (Fsp3) is 0.182. The molecular formula is C22H24N4O2S. The molecule has 0 spiro atoms. The minimum absolute atomic E-state index is 0.0893. The van der Waals surface area contributed by atoms with E-state index >= 15 is 0 Å². The first kappa shape index (κ1) is 20.7. The molecule has 2 aromatic heterocycles. The van der Waals surface area contributed by atoms with Gasteiger partial charge in [-0.2, -0.15) is 5.10 Å². The third-order valence-electron chi connectivity index (χ3n) is 4.67. The topological polar surface area (TPSA) is 90.3 Å². The number of hydrogen-bond acceptors (Lipinski definition) is 5. The quantitative estimate of drug-likeness (QED) is 0.629. The number of nitrogens with two attached hydrogens (primary N) is 1. The fourth-order valence-corrected chi connectivity index (χ4v) is 3.57. The highest BCUT2D eigenvalue weighted by Crippen LogP contribution is 2.26. The Bertz CT molecular complexity index is 1230. The van der Waals surface area contributed by atoms with Gasteiger partial charge in [0.15, 0.2) is 15.5 Å². The summed E-state index contributed by atoms with van der Waals surface area (Å²) in [6, 6.07) is 6.70. The standard InChI is InChI=1S/C22H24N4O2S/c1-5-17(16(3)23)10-9-15(2)19-12-24-22-21(13-25-26(22)14-19)18-7-6-8-20(11-18)29(4,27)28/h5-14,16H,1,23H2,2-4H3/b15-9+,17-10+. The van der Waals surface area contributed by atoms with Crippen LogP contribution in [0.5, 0.6) is 0 Å². The van der Waals surface area contributed by atoms with Crippen molar-refractivity contribution in [3.05, 3.63) is 78.8 Å². The molecule has 29 heavy (non-hydrogen) atoms. The van der Waals surface area contributed by atoms with E-state index in [0.717, 1.165) is 27.8 Å². The van der Waals surface area contributed by atoms with Crippen molar-refractivity contribution in [2.45, 2.75) is 24.8 Å². The molecule has 6 nitrogen and oxygen atoms in total. The Morgan fingerprint density at radius 2 is 2.03 bits per heavy atom. The average Bonchev–Trinajstić information content (AvgIpc) is 3.10. The molecule has 0 saturated heterocycles. The highest BCUT2D eigenvalue weighted by molar-refractivity contribution is 7.90. The molecular weight excluding hydrogens is 384 g/mol. The Morgan fingerprint density at radius 1 is 1.28 bits per heavy atom. The van der Waals surface area contributed by atoms with Crippen LogP contribution in [0.3, 0.4) is 0 Å². The van der Waals surface area contributed by atoms with Gasteiger partial charge in [0.25, 0.3) is 0 Å². The van der Waals surface area contributed by atoms with Crippen molar-refractivity contribution in [2.75, 3.05) is 6.26 Å². The Hall–Kier alpha value is -3.03. The van der Waals surface area contributed by atoms with E-state index < -0.39 is 9.84 Å². The van der Waals surface area contributed by atoms with Gasteiger partial charge in [-0.15, -0.1) is 0 Å². The van der Waals surface area contributed by atoms with Crippen molar-refractivity contribution in [1.82, 2.24) is 14.6 Å².